The van der Waals surface area contributed by atoms with Gasteiger partial charge in [-0.25, -0.2) is 4.79 Å². The van der Waals surface area contributed by atoms with Crippen LogP contribution < -0.4 is 5.69 Å². The zero-order valence-electron chi connectivity index (χ0n) is 12.9. The Hall–Kier alpha value is -3.19. The van der Waals surface area contributed by atoms with Crippen molar-refractivity contribution >= 4 is 11.6 Å². The van der Waals surface area contributed by atoms with Crippen molar-refractivity contribution in [1.29, 1.82) is 0 Å². The van der Waals surface area contributed by atoms with Crippen molar-refractivity contribution in [2.45, 2.75) is 6.54 Å². The zero-order chi connectivity index (χ0) is 17.2. The summed E-state index contributed by atoms with van der Waals surface area (Å²) in [5, 5.41) is 12.2. The topological polar surface area (TPSA) is 78.7 Å². The summed E-state index contributed by atoms with van der Waals surface area (Å²) in [5.41, 5.74) is 1.56. The van der Waals surface area contributed by atoms with Crippen LogP contribution in [0, 0.1) is 0 Å². The Morgan fingerprint density at radius 3 is 2.56 bits per heavy atom. The Bertz CT molecular complexity index is 1070. The van der Waals surface area contributed by atoms with Gasteiger partial charge in [0, 0.05) is 11.6 Å². The first-order chi connectivity index (χ1) is 12.2. The lowest BCUT2D eigenvalue weighted by atomic mass is 10.2. The molecule has 0 bridgehead atoms. The van der Waals surface area contributed by atoms with Gasteiger partial charge in [0.25, 0.3) is 0 Å². The monoisotopic (exact) mass is 353 g/mol. The number of tetrazole rings is 1. The molecule has 0 N–H and O–H groups in total. The molecule has 2 aromatic carbocycles. The second-order valence-electron chi connectivity index (χ2n) is 5.33. The summed E-state index contributed by atoms with van der Waals surface area (Å²) < 4.78 is 7.69. The standard InChI is InChI=1S/C17H12ClN5O2/c18-14-8-4-5-9-15(14)23-17(24)22(20-21-23)11-13-10-16(25-19-13)12-6-2-1-3-7-12/h1-10H,11H2. The molecule has 8 heteroatoms. The molecule has 0 aliphatic rings. The smallest absolute Gasteiger partial charge is 0.356 e. The molecule has 7 nitrogen and oxygen atoms in total. The first-order valence-electron chi connectivity index (χ1n) is 7.51. The average Bonchev–Trinajstić information content (AvgIpc) is 3.25. The van der Waals surface area contributed by atoms with Crippen molar-refractivity contribution in [3.63, 3.8) is 0 Å². The molecule has 4 aromatic rings. The van der Waals surface area contributed by atoms with E-state index in [1.54, 1.807) is 30.3 Å². The molecule has 124 valence electrons. The minimum absolute atomic E-state index is 0.152. The normalized spacial score (nSPS) is 10.9. The summed E-state index contributed by atoms with van der Waals surface area (Å²) >= 11 is 6.11. The predicted octanol–water partition coefficient (Wildman–Crippen LogP) is 2.79. The third-order valence-corrected chi connectivity index (χ3v) is 3.97. The SMILES string of the molecule is O=c1n(Cc2cc(-c3ccccc3)on2)nnn1-c1ccccc1Cl. The van der Waals surface area contributed by atoms with Crippen molar-refractivity contribution in [2.24, 2.45) is 0 Å². The van der Waals surface area contributed by atoms with Crippen LogP contribution >= 0.6 is 11.6 Å². The maximum atomic E-state index is 12.5. The number of hydrogen-bond acceptors (Lipinski definition) is 5. The van der Waals surface area contributed by atoms with Crippen LogP contribution in [0.15, 0.2) is 70.0 Å². The van der Waals surface area contributed by atoms with Crippen LogP contribution in [0.25, 0.3) is 17.0 Å². The van der Waals surface area contributed by atoms with Crippen LogP contribution in [0.5, 0.6) is 0 Å². The van der Waals surface area contributed by atoms with Gasteiger partial charge >= 0.3 is 5.69 Å². The van der Waals surface area contributed by atoms with Gasteiger partial charge in [0.05, 0.1) is 17.3 Å². The summed E-state index contributed by atoms with van der Waals surface area (Å²) in [6.07, 6.45) is 0. The van der Waals surface area contributed by atoms with Crippen molar-refractivity contribution < 1.29 is 4.52 Å². The third kappa shape index (κ3) is 2.97. The number of halogens is 1. The van der Waals surface area contributed by atoms with Crippen LogP contribution in [-0.2, 0) is 6.54 Å². The molecule has 0 aliphatic heterocycles. The molecule has 4 rings (SSSR count). The first kappa shape index (κ1) is 15.3. The van der Waals surface area contributed by atoms with Crippen molar-refractivity contribution in [3.05, 3.63) is 81.9 Å². The summed E-state index contributed by atoms with van der Waals surface area (Å²) in [6.45, 7) is 0.152. The van der Waals surface area contributed by atoms with E-state index in [0.29, 0.717) is 22.2 Å². The second kappa shape index (κ2) is 6.37. The minimum Gasteiger partial charge on any atom is -0.356 e. The molecular weight excluding hydrogens is 342 g/mol. The molecule has 25 heavy (non-hydrogen) atoms. The Kier molecular flexibility index (Phi) is 3.91. The molecule has 0 unspecified atom stereocenters. The van der Waals surface area contributed by atoms with Gasteiger partial charge in [-0.3, -0.25) is 0 Å². The molecule has 0 amide bonds. The quantitative estimate of drug-likeness (QED) is 0.563. The zero-order valence-corrected chi connectivity index (χ0v) is 13.7. The Labute approximate surface area is 147 Å². The highest BCUT2D eigenvalue weighted by atomic mass is 35.5. The Morgan fingerprint density at radius 1 is 1.00 bits per heavy atom. The van der Waals surface area contributed by atoms with E-state index in [1.807, 2.05) is 30.3 Å². The largest absolute Gasteiger partial charge is 0.368 e. The fourth-order valence-corrected chi connectivity index (χ4v) is 2.64. The summed E-state index contributed by atoms with van der Waals surface area (Å²) in [6, 6.07) is 18.3. The molecule has 0 atom stereocenters. The average molecular weight is 354 g/mol. The van der Waals surface area contributed by atoms with E-state index in [9.17, 15) is 4.79 Å². The van der Waals surface area contributed by atoms with Gasteiger partial charge in [0.1, 0.15) is 5.69 Å². The molecule has 2 heterocycles. The van der Waals surface area contributed by atoms with Crippen molar-refractivity contribution in [1.82, 2.24) is 24.9 Å². The van der Waals surface area contributed by atoms with Gasteiger partial charge in [-0.1, -0.05) is 59.2 Å². The highest BCUT2D eigenvalue weighted by Gasteiger charge is 2.14. The molecule has 0 saturated carbocycles. The molecule has 0 spiro atoms. The maximum absolute atomic E-state index is 12.5. The lowest BCUT2D eigenvalue weighted by Crippen LogP contribution is -2.25. The van der Waals surface area contributed by atoms with Gasteiger partial charge in [0.2, 0.25) is 0 Å². The van der Waals surface area contributed by atoms with E-state index < -0.39 is 5.69 Å². The summed E-state index contributed by atoms with van der Waals surface area (Å²) in [4.78, 5) is 12.5. The number of benzene rings is 2. The number of aromatic nitrogens is 5. The number of rotatable bonds is 4. The lowest BCUT2D eigenvalue weighted by molar-refractivity contribution is 0.418. The molecular formula is C17H12ClN5O2. The second-order valence-corrected chi connectivity index (χ2v) is 5.74. The predicted molar refractivity (Wildman–Crippen MR) is 91.7 cm³/mol. The molecule has 0 aliphatic carbocycles. The van der Waals surface area contributed by atoms with E-state index in [2.05, 4.69) is 15.6 Å². The third-order valence-electron chi connectivity index (χ3n) is 3.65. The van der Waals surface area contributed by atoms with Crippen LogP contribution in [0.4, 0.5) is 0 Å². The molecule has 0 radical (unpaired) electrons. The van der Waals surface area contributed by atoms with E-state index in [-0.39, 0.29) is 6.54 Å². The Morgan fingerprint density at radius 2 is 1.76 bits per heavy atom. The summed E-state index contributed by atoms with van der Waals surface area (Å²) in [7, 11) is 0. The van der Waals surface area contributed by atoms with Gasteiger partial charge in [-0.05, 0) is 22.6 Å². The maximum Gasteiger partial charge on any atom is 0.368 e. The van der Waals surface area contributed by atoms with E-state index in [4.69, 9.17) is 16.1 Å². The van der Waals surface area contributed by atoms with E-state index >= 15 is 0 Å². The number of nitrogens with zero attached hydrogens (tertiary/aromatic N) is 5. The Balaban J connectivity index is 1.62. The molecule has 0 saturated heterocycles. The van der Waals surface area contributed by atoms with Crippen LogP contribution in [-0.4, -0.2) is 24.9 Å². The molecule has 2 aromatic heterocycles. The van der Waals surface area contributed by atoms with E-state index in [1.165, 1.54) is 4.68 Å². The van der Waals surface area contributed by atoms with Crippen LogP contribution in [0.2, 0.25) is 5.02 Å². The van der Waals surface area contributed by atoms with Gasteiger partial charge in [-0.15, -0.1) is 0 Å². The minimum atomic E-state index is -0.405. The number of hydrogen-bond donors (Lipinski definition) is 0. The first-order valence-corrected chi connectivity index (χ1v) is 7.89. The lowest BCUT2D eigenvalue weighted by Gasteiger charge is -1.99. The van der Waals surface area contributed by atoms with Crippen LogP contribution in [0.1, 0.15) is 5.69 Å². The number of para-hydroxylation sites is 1. The van der Waals surface area contributed by atoms with Crippen LogP contribution in [0.3, 0.4) is 0 Å². The van der Waals surface area contributed by atoms with Gasteiger partial charge in [0.15, 0.2) is 5.76 Å². The fourth-order valence-electron chi connectivity index (χ4n) is 2.43. The fraction of sp³-hybridized carbons (Fsp3) is 0.0588. The highest BCUT2D eigenvalue weighted by molar-refractivity contribution is 6.32. The summed E-state index contributed by atoms with van der Waals surface area (Å²) in [5.74, 6) is 0.627. The van der Waals surface area contributed by atoms with Crippen molar-refractivity contribution in [2.75, 3.05) is 0 Å². The van der Waals surface area contributed by atoms with Gasteiger partial charge in [-0.2, -0.15) is 9.36 Å². The van der Waals surface area contributed by atoms with Gasteiger partial charge < -0.3 is 4.52 Å². The highest BCUT2D eigenvalue weighted by Crippen LogP contribution is 2.20. The molecule has 0 fully saturated rings. The van der Waals surface area contributed by atoms with Crippen molar-refractivity contribution in [3.8, 4) is 17.0 Å². The van der Waals surface area contributed by atoms with E-state index in [0.717, 1.165) is 10.2 Å².